The molecule has 0 saturated heterocycles. The Kier molecular flexibility index (Phi) is 3.76. The van der Waals surface area contributed by atoms with E-state index in [1.807, 2.05) is 12.1 Å². The molecule has 0 aliphatic heterocycles. The van der Waals surface area contributed by atoms with Gasteiger partial charge in [0, 0.05) is 16.8 Å². The van der Waals surface area contributed by atoms with Gasteiger partial charge in [-0.15, -0.1) is 22.9 Å². The van der Waals surface area contributed by atoms with Gasteiger partial charge < -0.3 is 4.90 Å². The van der Waals surface area contributed by atoms with Crippen LogP contribution in [0.2, 0.25) is 0 Å². The molecule has 2 aromatic rings. The summed E-state index contributed by atoms with van der Waals surface area (Å²) in [5.74, 6) is 0.183. The molecule has 1 aromatic heterocycles. The van der Waals surface area contributed by atoms with Crippen LogP contribution in [0, 0.1) is 5.82 Å². The second-order valence-corrected chi connectivity index (χ2v) is 6.12. The first kappa shape index (κ1) is 12.9. The van der Waals surface area contributed by atoms with E-state index in [0.717, 1.165) is 24.9 Å². The smallest absolute Gasteiger partial charge is 0.146 e. The lowest BCUT2D eigenvalue weighted by atomic mass is 10.1. The van der Waals surface area contributed by atoms with E-state index in [1.54, 1.807) is 17.4 Å². The molecule has 0 unspecified atom stereocenters. The van der Waals surface area contributed by atoms with E-state index in [-0.39, 0.29) is 5.82 Å². The Morgan fingerprint density at radius 3 is 2.74 bits per heavy atom. The molecule has 1 fully saturated rings. The number of rotatable bonds is 5. The number of anilines is 1. The summed E-state index contributed by atoms with van der Waals surface area (Å²) in [5, 5.41) is 2.06. The van der Waals surface area contributed by atoms with Gasteiger partial charge in [-0.2, -0.15) is 0 Å². The molecule has 100 valence electrons. The normalized spacial score (nSPS) is 14.6. The van der Waals surface area contributed by atoms with Crippen molar-refractivity contribution < 1.29 is 4.39 Å². The summed E-state index contributed by atoms with van der Waals surface area (Å²) in [6.07, 6.45) is 2.28. The van der Waals surface area contributed by atoms with Gasteiger partial charge in [0.05, 0.1) is 12.2 Å². The van der Waals surface area contributed by atoms with E-state index >= 15 is 0 Å². The standard InChI is InChI=1S/C15H15ClFNS/c16-9-11-3-1-5-14(17)15(11)18(12-6-7-12)10-13-4-2-8-19-13/h1-5,8,12H,6-7,9-10H2. The van der Waals surface area contributed by atoms with Crippen molar-refractivity contribution in [2.45, 2.75) is 31.3 Å². The van der Waals surface area contributed by atoms with Crippen molar-refractivity contribution in [3.63, 3.8) is 0 Å². The van der Waals surface area contributed by atoms with Gasteiger partial charge in [0.1, 0.15) is 5.82 Å². The van der Waals surface area contributed by atoms with Crippen molar-refractivity contribution in [3.05, 3.63) is 52.0 Å². The largest absolute Gasteiger partial charge is 0.361 e. The average Bonchev–Trinajstić information content (AvgIpc) is 3.14. The SMILES string of the molecule is Fc1cccc(CCl)c1N(Cc1cccs1)C1CC1. The highest BCUT2D eigenvalue weighted by Gasteiger charge is 2.32. The van der Waals surface area contributed by atoms with Gasteiger partial charge in [0.25, 0.3) is 0 Å². The molecular formula is C15H15ClFNS. The van der Waals surface area contributed by atoms with Gasteiger partial charge in [-0.3, -0.25) is 0 Å². The molecule has 19 heavy (non-hydrogen) atoms. The Balaban J connectivity index is 1.96. The van der Waals surface area contributed by atoms with Gasteiger partial charge >= 0.3 is 0 Å². The van der Waals surface area contributed by atoms with Gasteiger partial charge in [-0.1, -0.05) is 18.2 Å². The summed E-state index contributed by atoms with van der Waals surface area (Å²) < 4.78 is 14.2. The number of benzene rings is 1. The van der Waals surface area contributed by atoms with E-state index in [2.05, 4.69) is 16.3 Å². The maximum atomic E-state index is 14.2. The highest BCUT2D eigenvalue weighted by atomic mass is 35.5. The van der Waals surface area contributed by atoms with Crippen LogP contribution in [0.1, 0.15) is 23.3 Å². The van der Waals surface area contributed by atoms with Crippen molar-refractivity contribution >= 4 is 28.6 Å². The van der Waals surface area contributed by atoms with E-state index in [9.17, 15) is 4.39 Å². The van der Waals surface area contributed by atoms with E-state index in [1.165, 1.54) is 10.9 Å². The van der Waals surface area contributed by atoms with Crippen LogP contribution in [-0.2, 0) is 12.4 Å². The fraction of sp³-hybridized carbons (Fsp3) is 0.333. The molecule has 1 aromatic carbocycles. The fourth-order valence-corrected chi connectivity index (χ4v) is 3.26. The topological polar surface area (TPSA) is 3.24 Å². The van der Waals surface area contributed by atoms with Crippen LogP contribution in [0.25, 0.3) is 0 Å². The average molecular weight is 296 g/mol. The summed E-state index contributed by atoms with van der Waals surface area (Å²) in [5.41, 5.74) is 1.57. The van der Waals surface area contributed by atoms with Gasteiger partial charge in [0.2, 0.25) is 0 Å². The van der Waals surface area contributed by atoms with Crippen molar-refractivity contribution in [2.75, 3.05) is 4.90 Å². The molecule has 1 heterocycles. The summed E-state index contributed by atoms with van der Waals surface area (Å²) in [6, 6.07) is 9.76. The van der Waals surface area contributed by atoms with Crippen LogP contribution in [-0.4, -0.2) is 6.04 Å². The van der Waals surface area contributed by atoms with Crippen LogP contribution < -0.4 is 4.90 Å². The number of para-hydroxylation sites is 1. The number of alkyl halides is 1. The molecule has 3 rings (SSSR count). The molecule has 0 radical (unpaired) electrons. The highest BCUT2D eigenvalue weighted by Crippen LogP contribution is 2.37. The first-order chi connectivity index (χ1) is 9.29. The van der Waals surface area contributed by atoms with Crippen LogP contribution in [0.4, 0.5) is 10.1 Å². The minimum Gasteiger partial charge on any atom is -0.361 e. The lowest BCUT2D eigenvalue weighted by Crippen LogP contribution is -2.26. The van der Waals surface area contributed by atoms with Crippen molar-refractivity contribution in [2.24, 2.45) is 0 Å². The maximum Gasteiger partial charge on any atom is 0.146 e. The van der Waals surface area contributed by atoms with E-state index in [0.29, 0.717) is 17.6 Å². The van der Waals surface area contributed by atoms with Crippen LogP contribution in [0.5, 0.6) is 0 Å². The van der Waals surface area contributed by atoms with E-state index < -0.39 is 0 Å². The number of hydrogen-bond acceptors (Lipinski definition) is 2. The molecule has 1 aliphatic rings. The lowest BCUT2D eigenvalue weighted by Gasteiger charge is -2.26. The van der Waals surface area contributed by atoms with Crippen molar-refractivity contribution in [3.8, 4) is 0 Å². The van der Waals surface area contributed by atoms with Crippen LogP contribution in [0.3, 0.4) is 0 Å². The minimum atomic E-state index is -0.165. The summed E-state index contributed by atoms with van der Waals surface area (Å²) in [7, 11) is 0. The molecule has 0 spiro atoms. The Morgan fingerprint density at radius 1 is 1.26 bits per heavy atom. The molecule has 1 saturated carbocycles. The molecule has 1 aliphatic carbocycles. The maximum absolute atomic E-state index is 14.2. The lowest BCUT2D eigenvalue weighted by molar-refractivity contribution is 0.613. The highest BCUT2D eigenvalue weighted by molar-refractivity contribution is 7.09. The minimum absolute atomic E-state index is 0.165. The van der Waals surface area contributed by atoms with Crippen molar-refractivity contribution in [1.82, 2.24) is 0 Å². The first-order valence-corrected chi connectivity index (χ1v) is 7.83. The Hall–Kier alpha value is -1.06. The zero-order valence-electron chi connectivity index (χ0n) is 10.5. The van der Waals surface area contributed by atoms with Gasteiger partial charge in [0.15, 0.2) is 0 Å². The predicted octanol–water partition coefficient (Wildman–Crippen LogP) is 4.80. The molecule has 0 bridgehead atoms. The van der Waals surface area contributed by atoms with Crippen molar-refractivity contribution in [1.29, 1.82) is 0 Å². The quantitative estimate of drug-likeness (QED) is 0.717. The summed E-state index contributed by atoms with van der Waals surface area (Å²) in [4.78, 5) is 3.44. The Bertz CT molecular complexity index is 551. The monoisotopic (exact) mass is 295 g/mol. The molecule has 0 atom stereocenters. The van der Waals surface area contributed by atoms with Gasteiger partial charge in [-0.25, -0.2) is 4.39 Å². The molecule has 0 N–H and O–H groups in total. The zero-order chi connectivity index (χ0) is 13.2. The molecule has 4 heteroatoms. The van der Waals surface area contributed by atoms with Gasteiger partial charge in [-0.05, 0) is 35.9 Å². The predicted molar refractivity (Wildman–Crippen MR) is 79.5 cm³/mol. The number of halogens is 2. The summed E-state index contributed by atoms with van der Waals surface area (Å²) in [6.45, 7) is 0.771. The number of thiophene rings is 1. The third-order valence-electron chi connectivity index (χ3n) is 3.40. The summed E-state index contributed by atoms with van der Waals surface area (Å²) >= 11 is 7.68. The van der Waals surface area contributed by atoms with E-state index in [4.69, 9.17) is 11.6 Å². The van der Waals surface area contributed by atoms with Crippen LogP contribution in [0.15, 0.2) is 35.7 Å². The molecular weight excluding hydrogens is 281 g/mol. The Labute approximate surface area is 121 Å². The fourth-order valence-electron chi connectivity index (χ4n) is 2.34. The third-order valence-corrected chi connectivity index (χ3v) is 4.54. The second-order valence-electron chi connectivity index (χ2n) is 4.82. The number of hydrogen-bond donors (Lipinski definition) is 0. The van der Waals surface area contributed by atoms with Crippen LogP contribution >= 0.6 is 22.9 Å². The Morgan fingerprint density at radius 2 is 2.11 bits per heavy atom. The molecule has 0 amide bonds. The number of nitrogens with zero attached hydrogens (tertiary/aromatic N) is 1. The third kappa shape index (κ3) is 2.77. The first-order valence-electron chi connectivity index (χ1n) is 6.42. The zero-order valence-corrected chi connectivity index (χ0v) is 12.1. The molecule has 1 nitrogen and oxygen atoms in total. The second kappa shape index (κ2) is 5.51.